The summed E-state index contributed by atoms with van der Waals surface area (Å²) in [6.07, 6.45) is 5.88. The van der Waals surface area contributed by atoms with Crippen LogP contribution in [0.25, 0.3) is 11.3 Å². The molecule has 6 nitrogen and oxygen atoms in total. The summed E-state index contributed by atoms with van der Waals surface area (Å²) in [6, 6.07) is 5.70. The normalized spacial score (nSPS) is 14.7. The first kappa shape index (κ1) is 11.9. The van der Waals surface area contributed by atoms with Crippen LogP contribution in [0.1, 0.15) is 12.8 Å². The van der Waals surface area contributed by atoms with Crippen molar-refractivity contribution in [1.82, 2.24) is 15.0 Å². The van der Waals surface area contributed by atoms with Crippen LogP contribution in [0.5, 0.6) is 0 Å². The van der Waals surface area contributed by atoms with Gasteiger partial charge in [0.15, 0.2) is 0 Å². The monoisotopic (exact) mass is 256 g/mol. The average Bonchev–Trinajstić information content (AvgIpc) is 3.02. The predicted molar refractivity (Wildman–Crippen MR) is 74.5 cm³/mol. The second-order valence-corrected chi connectivity index (χ2v) is 4.51. The molecule has 1 aliphatic heterocycles. The maximum Gasteiger partial charge on any atom is 0.227 e. The lowest BCUT2D eigenvalue weighted by Gasteiger charge is -2.17. The van der Waals surface area contributed by atoms with Crippen LogP contribution < -0.4 is 16.2 Å². The third-order valence-corrected chi connectivity index (χ3v) is 3.23. The fourth-order valence-corrected chi connectivity index (χ4v) is 2.24. The van der Waals surface area contributed by atoms with Gasteiger partial charge >= 0.3 is 0 Å². The van der Waals surface area contributed by atoms with Crippen LogP contribution in [0.3, 0.4) is 0 Å². The second-order valence-electron chi connectivity index (χ2n) is 4.51. The van der Waals surface area contributed by atoms with Crippen LogP contribution in [-0.4, -0.2) is 28.0 Å². The van der Waals surface area contributed by atoms with E-state index in [0.29, 0.717) is 5.82 Å². The number of anilines is 2. The van der Waals surface area contributed by atoms with Gasteiger partial charge in [-0.1, -0.05) is 0 Å². The van der Waals surface area contributed by atoms with Crippen molar-refractivity contribution in [2.75, 3.05) is 23.4 Å². The molecule has 3 N–H and O–H groups in total. The van der Waals surface area contributed by atoms with Crippen molar-refractivity contribution in [3.05, 3.63) is 30.6 Å². The molecule has 0 aliphatic carbocycles. The van der Waals surface area contributed by atoms with Gasteiger partial charge in [-0.05, 0) is 25.0 Å². The van der Waals surface area contributed by atoms with Gasteiger partial charge in [0.25, 0.3) is 0 Å². The van der Waals surface area contributed by atoms with Gasteiger partial charge in [-0.15, -0.1) is 0 Å². The van der Waals surface area contributed by atoms with Crippen molar-refractivity contribution in [3.8, 4) is 11.3 Å². The van der Waals surface area contributed by atoms with E-state index < -0.39 is 0 Å². The van der Waals surface area contributed by atoms with Crippen molar-refractivity contribution in [1.29, 1.82) is 0 Å². The fourth-order valence-electron chi connectivity index (χ4n) is 2.24. The Morgan fingerprint density at radius 2 is 1.84 bits per heavy atom. The zero-order chi connectivity index (χ0) is 13.1. The molecule has 1 saturated heterocycles. The number of hydrogen-bond donors (Lipinski definition) is 2. The lowest BCUT2D eigenvalue weighted by Crippen LogP contribution is -2.21. The maximum atomic E-state index is 5.49. The lowest BCUT2D eigenvalue weighted by atomic mass is 10.2. The Hall–Kier alpha value is -2.21. The molecule has 0 bridgehead atoms. The number of pyridine rings is 1. The van der Waals surface area contributed by atoms with E-state index in [4.69, 9.17) is 5.84 Å². The van der Waals surface area contributed by atoms with Crippen molar-refractivity contribution in [2.24, 2.45) is 5.84 Å². The average molecular weight is 256 g/mol. The minimum Gasteiger partial charge on any atom is -0.341 e. The summed E-state index contributed by atoms with van der Waals surface area (Å²) < 4.78 is 0. The maximum absolute atomic E-state index is 5.49. The predicted octanol–water partition coefficient (Wildman–Crippen LogP) is 1.42. The number of nitrogen functional groups attached to an aromatic ring is 1. The lowest BCUT2D eigenvalue weighted by molar-refractivity contribution is 0.900. The molecule has 3 rings (SSSR count). The first-order valence-corrected chi connectivity index (χ1v) is 6.38. The first-order valence-electron chi connectivity index (χ1n) is 6.38. The van der Waals surface area contributed by atoms with E-state index >= 15 is 0 Å². The summed E-state index contributed by atoms with van der Waals surface area (Å²) in [7, 11) is 0. The topological polar surface area (TPSA) is 80.0 Å². The van der Waals surface area contributed by atoms with Gasteiger partial charge < -0.3 is 10.3 Å². The van der Waals surface area contributed by atoms with E-state index in [1.54, 1.807) is 12.4 Å². The summed E-state index contributed by atoms with van der Waals surface area (Å²) in [5.41, 5.74) is 4.47. The molecule has 2 aromatic heterocycles. The van der Waals surface area contributed by atoms with E-state index in [1.807, 2.05) is 18.2 Å². The number of hydrazine groups is 1. The largest absolute Gasteiger partial charge is 0.341 e. The van der Waals surface area contributed by atoms with E-state index in [2.05, 4.69) is 25.3 Å². The van der Waals surface area contributed by atoms with Crippen molar-refractivity contribution < 1.29 is 0 Å². The highest BCUT2D eigenvalue weighted by molar-refractivity contribution is 5.64. The van der Waals surface area contributed by atoms with Gasteiger partial charge in [-0.3, -0.25) is 4.98 Å². The molecule has 0 atom stereocenters. The van der Waals surface area contributed by atoms with Crippen LogP contribution in [0.2, 0.25) is 0 Å². The molecule has 98 valence electrons. The Kier molecular flexibility index (Phi) is 3.24. The molecule has 0 amide bonds. The van der Waals surface area contributed by atoms with E-state index in [0.717, 1.165) is 30.3 Å². The summed E-state index contributed by atoms with van der Waals surface area (Å²) >= 11 is 0. The molecular formula is C13H16N6. The number of nitrogens with zero attached hydrogens (tertiary/aromatic N) is 4. The Morgan fingerprint density at radius 3 is 2.53 bits per heavy atom. The minimum atomic E-state index is 0.628. The highest BCUT2D eigenvalue weighted by Crippen LogP contribution is 2.23. The molecule has 1 fully saturated rings. The molecule has 0 saturated carbocycles. The molecule has 1 aliphatic rings. The molecule has 19 heavy (non-hydrogen) atoms. The van der Waals surface area contributed by atoms with Crippen LogP contribution in [0.4, 0.5) is 11.8 Å². The van der Waals surface area contributed by atoms with Crippen molar-refractivity contribution in [3.63, 3.8) is 0 Å². The highest BCUT2D eigenvalue weighted by Gasteiger charge is 2.16. The van der Waals surface area contributed by atoms with Crippen LogP contribution in [0, 0.1) is 0 Å². The molecule has 0 radical (unpaired) electrons. The number of aromatic nitrogens is 3. The quantitative estimate of drug-likeness (QED) is 0.638. The number of rotatable bonds is 3. The molecule has 0 spiro atoms. The third-order valence-electron chi connectivity index (χ3n) is 3.23. The molecule has 2 aromatic rings. The summed E-state index contributed by atoms with van der Waals surface area (Å²) in [5, 5.41) is 0. The molecule has 3 heterocycles. The Balaban J connectivity index is 2.02. The standard InChI is InChI=1S/C13H16N6/c14-18-12-9-11(10-3-5-15-6-4-10)16-13(17-12)19-7-1-2-8-19/h3-6,9H,1-2,7-8,14H2,(H,16,17,18). The van der Waals surface area contributed by atoms with E-state index in [9.17, 15) is 0 Å². The summed E-state index contributed by atoms with van der Waals surface area (Å²) in [5.74, 6) is 6.86. The zero-order valence-electron chi connectivity index (χ0n) is 10.6. The van der Waals surface area contributed by atoms with Gasteiger partial charge in [0, 0.05) is 37.1 Å². The number of nitrogens with two attached hydrogens (primary N) is 1. The van der Waals surface area contributed by atoms with Crippen molar-refractivity contribution >= 4 is 11.8 Å². The minimum absolute atomic E-state index is 0.628. The van der Waals surface area contributed by atoms with Crippen LogP contribution in [-0.2, 0) is 0 Å². The number of nitrogens with one attached hydrogen (secondary N) is 1. The van der Waals surface area contributed by atoms with Gasteiger partial charge in [0.2, 0.25) is 5.95 Å². The van der Waals surface area contributed by atoms with Gasteiger partial charge in [0.05, 0.1) is 5.69 Å². The molecule has 6 heteroatoms. The highest BCUT2D eigenvalue weighted by atomic mass is 15.3. The van der Waals surface area contributed by atoms with E-state index in [-0.39, 0.29) is 0 Å². The summed E-state index contributed by atoms with van der Waals surface area (Å²) in [6.45, 7) is 2.01. The van der Waals surface area contributed by atoms with Gasteiger partial charge in [-0.25, -0.2) is 10.8 Å². The Labute approximate surface area is 111 Å². The van der Waals surface area contributed by atoms with Crippen molar-refractivity contribution in [2.45, 2.75) is 12.8 Å². The smallest absolute Gasteiger partial charge is 0.227 e. The second kappa shape index (κ2) is 5.19. The van der Waals surface area contributed by atoms with Crippen LogP contribution in [0.15, 0.2) is 30.6 Å². The zero-order valence-corrected chi connectivity index (χ0v) is 10.6. The number of hydrogen-bond acceptors (Lipinski definition) is 6. The van der Waals surface area contributed by atoms with E-state index in [1.165, 1.54) is 12.8 Å². The Morgan fingerprint density at radius 1 is 1.11 bits per heavy atom. The Bertz CT molecular complexity index is 550. The fraction of sp³-hybridized carbons (Fsp3) is 0.308. The SMILES string of the molecule is NNc1cc(-c2ccncc2)nc(N2CCCC2)n1. The molecule has 0 aromatic carbocycles. The first-order chi connectivity index (χ1) is 9.36. The molecular weight excluding hydrogens is 240 g/mol. The third kappa shape index (κ3) is 2.48. The van der Waals surface area contributed by atoms with Gasteiger partial charge in [-0.2, -0.15) is 4.98 Å². The van der Waals surface area contributed by atoms with Crippen LogP contribution >= 0.6 is 0 Å². The molecule has 0 unspecified atom stereocenters. The van der Waals surface area contributed by atoms with Gasteiger partial charge in [0.1, 0.15) is 5.82 Å². The summed E-state index contributed by atoms with van der Waals surface area (Å²) in [4.78, 5) is 15.3.